The summed E-state index contributed by atoms with van der Waals surface area (Å²) in [5.41, 5.74) is -0.901. The van der Waals surface area contributed by atoms with Crippen molar-refractivity contribution in [3.8, 4) is 11.8 Å². The summed E-state index contributed by atoms with van der Waals surface area (Å²) >= 11 is 0. The lowest BCUT2D eigenvalue weighted by atomic mass is 10.0. The van der Waals surface area contributed by atoms with Crippen LogP contribution in [-0.2, 0) is 28.7 Å². The molecule has 0 radical (unpaired) electrons. The number of aromatic nitrogens is 1. The summed E-state index contributed by atoms with van der Waals surface area (Å²) in [5, 5.41) is 20.1. The molecule has 2 heterocycles. The average Bonchev–Trinajstić information content (AvgIpc) is 3.30. The van der Waals surface area contributed by atoms with Crippen LogP contribution in [0.3, 0.4) is 0 Å². The normalized spacial score (nSPS) is 14.4. The van der Waals surface area contributed by atoms with Crippen LogP contribution in [0.4, 0.5) is 0 Å². The van der Waals surface area contributed by atoms with E-state index in [0.717, 1.165) is 5.06 Å². The molecular formula is C24H38N2O9. The Labute approximate surface area is 205 Å². The van der Waals surface area contributed by atoms with Gasteiger partial charge in [-0.25, -0.2) is 9.59 Å². The molecule has 11 nitrogen and oxygen atoms in total. The van der Waals surface area contributed by atoms with Gasteiger partial charge >= 0.3 is 11.9 Å². The Bertz CT molecular complexity index is 844. The standard InChI is InChI=1S/C24H38N2O9/c1-23(2,13-5-9-21(30)34-25-15-6-8-18(25)27)33-17-14-24(3,4)32-16-7-10-22(31)35-26-19(28)11-12-20(26)29/h11-12,28-29H,5-10,13-17H2,1-4H3. The Hall–Kier alpha value is -2.79. The minimum Gasteiger partial charge on any atom is -0.492 e. The monoisotopic (exact) mass is 498 g/mol. The first-order valence-electron chi connectivity index (χ1n) is 12.0. The van der Waals surface area contributed by atoms with E-state index >= 15 is 0 Å². The molecule has 1 amide bonds. The van der Waals surface area contributed by atoms with E-state index in [1.54, 1.807) is 0 Å². The van der Waals surface area contributed by atoms with Gasteiger partial charge < -0.3 is 29.4 Å². The van der Waals surface area contributed by atoms with Gasteiger partial charge in [0.05, 0.1) is 30.8 Å². The third-order valence-corrected chi connectivity index (χ3v) is 5.61. The Morgan fingerprint density at radius 1 is 0.886 bits per heavy atom. The van der Waals surface area contributed by atoms with Crippen LogP contribution in [0.15, 0.2) is 12.1 Å². The Balaban J connectivity index is 1.57. The Morgan fingerprint density at radius 3 is 2.09 bits per heavy atom. The predicted molar refractivity (Wildman–Crippen MR) is 124 cm³/mol. The molecule has 1 aliphatic heterocycles. The maximum Gasteiger partial charge on any atom is 0.333 e. The Morgan fingerprint density at radius 2 is 1.46 bits per heavy atom. The lowest BCUT2D eigenvalue weighted by Gasteiger charge is -2.30. The first kappa shape index (κ1) is 28.4. The molecule has 0 saturated carbocycles. The van der Waals surface area contributed by atoms with E-state index in [1.807, 2.05) is 27.7 Å². The van der Waals surface area contributed by atoms with Gasteiger partial charge in [-0.1, -0.05) is 0 Å². The number of hydroxylamine groups is 2. The minimum atomic E-state index is -0.603. The van der Waals surface area contributed by atoms with E-state index in [-0.39, 0.29) is 30.5 Å². The highest BCUT2D eigenvalue weighted by Crippen LogP contribution is 2.22. The molecule has 0 aromatic carbocycles. The van der Waals surface area contributed by atoms with E-state index in [2.05, 4.69) is 0 Å². The predicted octanol–water partition coefficient (Wildman–Crippen LogP) is 2.87. The molecule has 1 saturated heterocycles. The van der Waals surface area contributed by atoms with Crippen molar-refractivity contribution >= 4 is 17.8 Å². The highest BCUT2D eigenvalue weighted by molar-refractivity contribution is 5.79. The third kappa shape index (κ3) is 10.2. The molecule has 0 atom stereocenters. The number of amides is 1. The van der Waals surface area contributed by atoms with E-state index < -0.39 is 23.1 Å². The molecule has 0 bridgehead atoms. The fourth-order valence-corrected chi connectivity index (χ4v) is 3.47. The molecule has 11 heteroatoms. The molecule has 0 aliphatic carbocycles. The van der Waals surface area contributed by atoms with Crippen LogP contribution in [0.5, 0.6) is 11.8 Å². The van der Waals surface area contributed by atoms with Gasteiger partial charge in [0, 0.05) is 31.6 Å². The van der Waals surface area contributed by atoms with Crippen molar-refractivity contribution in [1.29, 1.82) is 0 Å². The fourth-order valence-electron chi connectivity index (χ4n) is 3.47. The Kier molecular flexibility index (Phi) is 10.4. The summed E-state index contributed by atoms with van der Waals surface area (Å²) in [6, 6.07) is 2.43. The van der Waals surface area contributed by atoms with E-state index in [9.17, 15) is 24.6 Å². The highest BCUT2D eigenvalue weighted by Gasteiger charge is 2.26. The van der Waals surface area contributed by atoms with Gasteiger partial charge in [0.1, 0.15) is 0 Å². The summed E-state index contributed by atoms with van der Waals surface area (Å²) in [6.45, 7) is 9.05. The third-order valence-electron chi connectivity index (χ3n) is 5.61. The van der Waals surface area contributed by atoms with Gasteiger partial charge in [-0.05, 0) is 59.8 Å². The van der Waals surface area contributed by atoms with Crippen LogP contribution >= 0.6 is 0 Å². The first-order valence-corrected chi connectivity index (χ1v) is 12.0. The number of nitrogens with zero attached hydrogens (tertiary/aromatic N) is 2. The summed E-state index contributed by atoms with van der Waals surface area (Å²) in [7, 11) is 0. The molecule has 1 aromatic heterocycles. The number of hydrogen-bond acceptors (Lipinski definition) is 9. The molecule has 2 rings (SSSR count). The summed E-state index contributed by atoms with van der Waals surface area (Å²) in [4.78, 5) is 45.3. The minimum absolute atomic E-state index is 0.0605. The zero-order valence-corrected chi connectivity index (χ0v) is 21.1. The number of carbonyl (C=O) groups is 3. The van der Waals surface area contributed by atoms with E-state index in [0.29, 0.717) is 63.0 Å². The summed E-state index contributed by atoms with van der Waals surface area (Å²) in [5.74, 6) is -1.89. The van der Waals surface area contributed by atoms with Gasteiger partial charge in [0.2, 0.25) is 11.8 Å². The molecule has 198 valence electrons. The van der Waals surface area contributed by atoms with Crippen molar-refractivity contribution in [2.45, 2.75) is 90.3 Å². The molecule has 1 fully saturated rings. The van der Waals surface area contributed by atoms with Crippen molar-refractivity contribution in [3.63, 3.8) is 0 Å². The van der Waals surface area contributed by atoms with Crippen LogP contribution in [-0.4, -0.2) is 68.8 Å². The molecule has 1 aromatic rings. The molecule has 2 N–H and O–H groups in total. The lowest BCUT2D eigenvalue weighted by Crippen LogP contribution is -2.31. The van der Waals surface area contributed by atoms with Crippen LogP contribution in [0.2, 0.25) is 0 Å². The second-order valence-electron chi connectivity index (χ2n) is 9.79. The topological polar surface area (TPSA) is 137 Å². The second-order valence-corrected chi connectivity index (χ2v) is 9.79. The number of hydrogen-bond donors (Lipinski definition) is 2. The van der Waals surface area contributed by atoms with E-state index in [1.165, 1.54) is 12.1 Å². The first-order chi connectivity index (χ1) is 16.4. The van der Waals surface area contributed by atoms with E-state index in [4.69, 9.17) is 19.1 Å². The fraction of sp³-hybridized carbons (Fsp3) is 0.708. The van der Waals surface area contributed by atoms with Gasteiger partial charge in [-0.15, -0.1) is 4.73 Å². The number of rotatable bonds is 15. The van der Waals surface area contributed by atoms with Crippen LogP contribution < -0.4 is 4.84 Å². The van der Waals surface area contributed by atoms with Gasteiger partial charge in [-0.3, -0.25) is 4.79 Å². The molecule has 0 unspecified atom stereocenters. The maximum absolute atomic E-state index is 11.9. The van der Waals surface area contributed by atoms with Crippen LogP contribution in [0.25, 0.3) is 0 Å². The summed E-state index contributed by atoms with van der Waals surface area (Å²) < 4.78 is 12.5. The van der Waals surface area contributed by atoms with Gasteiger partial charge in [0.25, 0.3) is 5.91 Å². The van der Waals surface area contributed by atoms with Gasteiger partial charge in [0.15, 0.2) is 0 Å². The largest absolute Gasteiger partial charge is 0.492 e. The molecule has 0 spiro atoms. The van der Waals surface area contributed by atoms with Crippen molar-refractivity contribution in [3.05, 3.63) is 12.1 Å². The number of carbonyl (C=O) groups excluding carboxylic acids is 3. The summed E-state index contributed by atoms with van der Waals surface area (Å²) in [6.07, 6.45) is 3.70. The zero-order valence-electron chi connectivity index (χ0n) is 21.1. The average molecular weight is 499 g/mol. The van der Waals surface area contributed by atoms with Crippen LogP contribution in [0.1, 0.15) is 79.1 Å². The van der Waals surface area contributed by atoms with Crippen LogP contribution in [0, 0.1) is 0 Å². The molecule has 35 heavy (non-hydrogen) atoms. The van der Waals surface area contributed by atoms with Crippen molar-refractivity contribution in [1.82, 2.24) is 9.79 Å². The lowest BCUT2D eigenvalue weighted by molar-refractivity contribution is -0.193. The molecular weight excluding hydrogens is 460 g/mol. The number of aromatic hydroxyl groups is 2. The van der Waals surface area contributed by atoms with Gasteiger partial charge in [-0.2, -0.15) is 5.06 Å². The SMILES string of the molecule is CC(C)(CCCC(=O)ON1CCCC1=O)OCCC(C)(C)OCCCC(=O)On1c(O)ccc1O. The highest BCUT2D eigenvalue weighted by atomic mass is 16.7. The van der Waals surface area contributed by atoms with Crippen molar-refractivity contribution < 1.29 is 43.7 Å². The maximum atomic E-state index is 11.9. The quantitative estimate of drug-likeness (QED) is 0.350. The van der Waals surface area contributed by atoms with Crippen molar-refractivity contribution in [2.75, 3.05) is 19.8 Å². The second kappa shape index (κ2) is 12.8. The van der Waals surface area contributed by atoms with Crippen molar-refractivity contribution in [2.24, 2.45) is 0 Å². The zero-order chi connectivity index (χ0) is 26.1. The molecule has 1 aliphatic rings. The smallest absolute Gasteiger partial charge is 0.333 e. The number of ether oxygens (including phenoxy) is 2.